The lowest BCUT2D eigenvalue weighted by molar-refractivity contribution is 0.0604. The summed E-state index contributed by atoms with van der Waals surface area (Å²) in [6.07, 6.45) is 4.26. The van der Waals surface area contributed by atoms with Crippen LogP contribution in [0.2, 0.25) is 0 Å². The first-order valence-corrected chi connectivity index (χ1v) is 7.78. The smallest absolute Gasteiger partial charge is 0.128 e. The Kier molecular flexibility index (Phi) is 5.99. The van der Waals surface area contributed by atoms with E-state index in [1.54, 1.807) is 6.07 Å². The molecule has 1 N–H and O–H groups in total. The molecule has 0 saturated carbocycles. The van der Waals surface area contributed by atoms with Gasteiger partial charge in [-0.1, -0.05) is 19.1 Å². The van der Waals surface area contributed by atoms with Crippen LogP contribution in [-0.4, -0.2) is 19.8 Å². The fraction of sp³-hybridized carbons (Fsp3) is 0.647. The van der Waals surface area contributed by atoms with Gasteiger partial charge < -0.3 is 10.1 Å². The fourth-order valence-electron chi connectivity index (χ4n) is 2.87. The van der Waals surface area contributed by atoms with Crippen LogP contribution in [0.1, 0.15) is 49.8 Å². The van der Waals surface area contributed by atoms with Crippen LogP contribution in [0, 0.1) is 18.7 Å². The van der Waals surface area contributed by atoms with Gasteiger partial charge in [0.1, 0.15) is 5.82 Å². The average Bonchev–Trinajstić information content (AvgIpc) is 2.45. The van der Waals surface area contributed by atoms with E-state index in [1.165, 1.54) is 0 Å². The quantitative estimate of drug-likeness (QED) is 0.850. The molecule has 1 aliphatic heterocycles. The second-order valence-electron chi connectivity index (χ2n) is 5.82. The minimum Gasteiger partial charge on any atom is -0.381 e. The number of nitrogens with one attached hydrogen (secondary N) is 1. The van der Waals surface area contributed by atoms with Crippen molar-refractivity contribution in [3.8, 4) is 0 Å². The van der Waals surface area contributed by atoms with Gasteiger partial charge >= 0.3 is 0 Å². The molecular formula is C17H26FNO. The first kappa shape index (κ1) is 15.5. The van der Waals surface area contributed by atoms with Crippen LogP contribution in [0.25, 0.3) is 0 Å². The summed E-state index contributed by atoms with van der Waals surface area (Å²) in [5.41, 5.74) is 1.79. The van der Waals surface area contributed by atoms with Crippen molar-refractivity contribution in [2.24, 2.45) is 5.92 Å². The fourth-order valence-corrected chi connectivity index (χ4v) is 2.87. The van der Waals surface area contributed by atoms with Gasteiger partial charge in [0.15, 0.2) is 0 Å². The van der Waals surface area contributed by atoms with Gasteiger partial charge in [0.25, 0.3) is 0 Å². The molecule has 1 aromatic carbocycles. The van der Waals surface area contributed by atoms with Crippen LogP contribution < -0.4 is 5.32 Å². The number of hydrogen-bond acceptors (Lipinski definition) is 2. The predicted molar refractivity (Wildman–Crippen MR) is 80.3 cm³/mol. The normalized spacial score (nSPS) is 18.1. The van der Waals surface area contributed by atoms with Crippen LogP contribution >= 0.6 is 0 Å². The van der Waals surface area contributed by atoms with Gasteiger partial charge in [-0.15, -0.1) is 0 Å². The van der Waals surface area contributed by atoms with E-state index < -0.39 is 0 Å². The molecule has 0 aromatic heterocycles. The van der Waals surface area contributed by atoms with Crippen molar-refractivity contribution in [1.82, 2.24) is 5.32 Å². The molecular weight excluding hydrogens is 253 g/mol. The molecule has 1 saturated heterocycles. The molecule has 1 heterocycles. The molecule has 1 aliphatic rings. The maximum atomic E-state index is 14.2. The maximum Gasteiger partial charge on any atom is 0.128 e. The molecule has 3 heteroatoms. The summed E-state index contributed by atoms with van der Waals surface area (Å²) in [7, 11) is 0. The SMILES string of the molecule is CCCNC(CC1CCOCC1)c1ccc(C)cc1F. The number of hydrogen-bond donors (Lipinski definition) is 1. The molecule has 1 unspecified atom stereocenters. The third-order valence-electron chi connectivity index (χ3n) is 4.08. The Morgan fingerprint density at radius 1 is 1.35 bits per heavy atom. The lowest BCUT2D eigenvalue weighted by atomic mass is 9.89. The Labute approximate surface area is 121 Å². The molecule has 0 aliphatic carbocycles. The van der Waals surface area contributed by atoms with Crippen LogP contribution in [0.3, 0.4) is 0 Å². The summed E-state index contributed by atoms with van der Waals surface area (Å²) in [5.74, 6) is 0.560. The summed E-state index contributed by atoms with van der Waals surface area (Å²) in [4.78, 5) is 0. The first-order valence-electron chi connectivity index (χ1n) is 7.78. The molecule has 0 bridgehead atoms. The van der Waals surface area contributed by atoms with E-state index in [9.17, 15) is 4.39 Å². The monoisotopic (exact) mass is 279 g/mol. The van der Waals surface area contributed by atoms with Gasteiger partial charge in [0.05, 0.1) is 0 Å². The number of benzene rings is 1. The molecule has 0 spiro atoms. The highest BCUT2D eigenvalue weighted by molar-refractivity contribution is 5.26. The molecule has 2 nitrogen and oxygen atoms in total. The number of ether oxygens (including phenoxy) is 1. The van der Waals surface area contributed by atoms with Crippen molar-refractivity contribution < 1.29 is 9.13 Å². The number of aryl methyl sites for hydroxylation is 1. The molecule has 2 rings (SSSR count). The Balaban J connectivity index is 2.08. The molecule has 0 radical (unpaired) electrons. The third-order valence-corrected chi connectivity index (χ3v) is 4.08. The van der Waals surface area contributed by atoms with E-state index in [2.05, 4.69) is 12.2 Å². The van der Waals surface area contributed by atoms with Crippen LogP contribution in [0.4, 0.5) is 4.39 Å². The molecule has 112 valence electrons. The summed E-state index contributed by atoms with van der Waals surface area (Å²) in [5, 5.41) is 3.51. The number of halogens is 1. The zero-order valence-electron chi connectivity index (χ0n) is 12.6. The van der Waals surface area contributed by atoms with Crippen molar-refractivity contribution in [2.75, 3.05) is 19.8 Å². The lowest BCUT2D eigenvalue weighted by Crippen LogP contribution is -2.27. The van der Waals surface area contributed by atoms with E-state index >= 15 is 0 Å². The van der Waals surface area contributed by atoms with Crippen molar-refractivity contribution in [1.29, 1.82) is 0 Å². The van der Waals surface area contributed by atoms with Gasteiger partial charge in [-0.05, 0) is 56.7 Å². The van der Waals surface area contributed by atoms with E-state index in [1.807, 2.05) is 19.1 Å². The summed E-state index contributed by atoms with van der Waals surface area (Å²) >= 11 is 0. The van der Waals surface area contributed by atoms with Crippen LogP contribution in [0.5, 0.6) is 0 Å². The third kappa shape index (κ3) is 4.29. The largest absolute Gasteiger partial charge is 0.381 e. The van der Waals surface area contributed by atoms with Gasteiger partial charge in [-0.3, -0.25) is 0 Å². The highest BCUT2D eigenvalue weighted by Gasteiger charge is 2.22. The van der Waals surface area contributed by atoms with Gasteiger partial charge in [-0.2, -0.15) is 0 Å². The Hall–Kier alpha value is -0.930. The van der Waals surface area contributed by atoms with Crippen LogP contribution in [-0.2, 0) is 4.74 Å². The summed E-state index contributed by atoms with van der Waals surface area (Å²) < 4.78 is 19.6. The van der Waals surface area contributed by atoms with E-state index in [4.69, 9.17) is 4.74 Å². The van der Waals surface area contributed by atoms with E-state index in [0.29, 0.717) is 5.92 Å². The van der Waals surface area contributed by atoms with Crippen molar-refractivity contribution in [2.45, 2.75) is 45.6 Å². The average molecular weight is 279 g/mol. The van der Waals surface area contributed by atoms with Gasteiger partial charge in [0.2, 0.25) is 0 Å². The molecule has 1 aromatic rings. The highest BCUT2D eigenvalue weighted by Crippen LogP contribution is 2.29. The van der Waals surface area contributed by atoms with E-state index in [0.717, 1.165) is 56.6 Å². The molecule has 0 amide bonds. The van der Waals surface area contributed by atoms with Crippen LogP contribution in [0.15, 0.2) is 18.2 Å². The Morgan fingerprint density at radius 2 is 2.10 bits per heavy atom. The standard InChI is InChI=1S/C17H26FNO/c1-3-8-19-17(12-14-6-9-20-10-7-14)15-5-4-13(2)11-16(15)18/h4-5,11,14,17,19H,3,6-10,12H2,1-2H3. The van der Waals surface area contributed by atoms with Gasteiger partial charge in [-0.25, -0.2) is 4.39 Å². The predicted octanol–water partition coefficient (Wildman–Crippen LogP) is 3.99. The zero-order chi connectivity index (χ0) is 14.4. The summed E-state index contributed by atoms with van der Waals surface area (Å²) in [6.45, 7) is 6.70. The second kappa shape index (κ2) is 7.75. The molecule has 1 fully saturated rings. The van der Waals surface area contributed by atoms with Crippen molar-refractivity contribution >= 4 is 0 Å². The first-order chi connectivity index (χ1) is 9.70. The van der Waals surface area contributed by atoms with Crippen molar-refractivity contribution in [3.05, 3.63) is 35.1 Å². The zero-order valence-corrected chi connectivity index (χ0v) is 12.6. The lowest BCUT2D eigenvalue weighted by Gasteiger charge is -2.28. The maximum absolute atomic E-state index is 14.2. The minimum absolute atomic E-state index is 0.0781. The minimum atomic E-state index is -0.0781. The Morgan fingerprint density at radius 3 is 2.75 bits per heavy atom. The van der Waals surface area contributed by atoms with Crippen molar-refractivity contribution in [3.63, 3.8) is 0 Å². The summed E-state index contributed by atoms with van der Waals surface area (Å²) in [6, 6.07) is 5.71. The molecule has 20 heavy (non-hydrogen) atoms. The Bertz CT molecular complexity index is 415. The van der Waals surface area contributed by atoms with Gasteiger partial charge in [0, 0.05) is 24.8 Å². The topological polar surface area (TPSA) is 21.3 Å². The molecule has 1 atom stereocenters. The highest BCUT2D eigenvalue weighted by atomic mass is 19.1. The number of rotatable bonds is 6. The second-order valence-corrected chi connectivity index (χ2v) is 5.82. The van der Waals surface area contributed by atoms with E-state index in [-0.39, 0.29) is 11.9 Å².